The van der Waals surface area contributed by atoms with Gasteiger partial charge in [-0.25, -0.2) is 0 Å². The number of ether oxygens (including phenoxy) is 1. The largest absolute Gasteiger partial charge is 0.497 e. The molecule has 3 N–H and O–H groups in total. The Morgan fingerprint density at radius 2 is 1.96 bits per heavy atom. The van der Waals surface area contributed by atoms with Crippen LogP contribution >= 0.6 is 0 Å². The molecule has 1 heterocycles. The van der Waals surface area contributed by atoms with Crippen LogP contribution in [0.2, 0.25) is 0 Å². The van der Waals surface area contributed by atoms with Crippen LogP contribution in [0.15, 0.2) is 24.3 Å². The van der Waals surface area contributed by atoms with E-state index < -0.39 is 6.04 Å². The molecule has 23 heavy (non-hydrogen) atoms. The van der Waals surface area contributed by atoms with Crippen molar-refractivity contribution in [1.29, 1.82) is 0 Å². The molecule has 2 amide bonds. The maximum atomic E-state index is 12.4. The average molecular weight is 319 g/mol. The van der Waals surface area contributed by atoms with Crippen LogP contribution in [-0.4, -0.2) is 44.1 Å². The van der Waals surface area contributed by atoms with Gasteiger partial charge in [-0.1, -0.05) is 13.8 Å². The van der Waals surface area contributed by atoms with E-state index in [1.165, 1.54) is 0 Å². The lowest BCUT2D eigenvalue weighted by atomic mass is 10.0. The van der Waals surface area contributed by atoms with Crippen molar-refractivity contribution in [3.8, 4) is 5.75 Å². The SMILES string of the molecule is COc1ccc(C(=O)NC(C(=O)NC2CCNC2)C(C)C)cc1. The fraction of sp³-hybridized carbons (Fsp3) is 0.529. The van der Waals surface area contributed by atoms with E-state index in [1.807, 2.05) is 13.8 Å². The molecule has 1 aliphatic rings. The highest BCUT2D eigenvalue weighted by Crippen LogP contribution is 2.12. The van der Waals surface area contributed by atoms with Gasteiger partial charge in [0.15, 0.2) is 0 Å². The Bertz CT molecular complexity index is 537. The zero-order valence-corrected chi connectivity index (χ0v) is 13.9. The van der Waals surface area contributed by atoms with Crippen molar-refractivity contribution in [1.82, 2.24) is 16.0 Å². The summed E-state index contributed by atoms with van der Waals surface area (Å²) in [6.07, 6.45) is 0.920. The second-order valence-corrected chi connectivity index (χ2v) is 6.12. The number of hydrogen-bond donors (Lipinski definition) is 3. The Kier molecular flexibility index (Phi) is 5.98. The maximum Gasteiger partial charge on any atom is 0.251 e. The summed E-state index contributed by atoms with van der Waals surface area (Å²) < 4.78 is 5.08. The van der Waals surface area contributed by atoms with Crippen LogP contribution in [0.3, 0.4) is 0 Å². The van der Waals surface area contributed by atoms with E-state index in [2.05, 4.69) is 16.0 Å². The predicted molar refractivity (Wildman–Crippen MR) is 88.5 cm³/mol. The molecule has 0 bridgehead atoms. The second kappa shape index (κ2) is 7.97. The van der Waals surface area contributed by atoms with E-state index in [0.717, 1.165) is 19.5 Å². The van der Waals surface area contributed by atoms with Gasteiger partial charge in [-0.05, 0) is 43.1 Å². The summed E-state index contributed by atoms with van der Waals surface area (Å²) in [5.74, 6) is 0.307. The van der Waals surface area contributed by atoms with Gasteiger partial charge in [0.2, 0.25) is 5.91 Å². The van der Waals surface area contributed by atoms with E-state index in [0.29, 0.717) is 11.3 Å². The molecule has 6 heteroatoms. The molecule has 2 atom stereocenters. The van der Waals surface area contributed by atoms with E-state index in [1.54, 1.807) is 31.4 Å². The van der Waals surface area contributed by atoms with Gasteiger partial charge in [0, 0.05) is 18.2 Å². The van der Waals surface area contributed by atoms with Gasteiger partial charge in [-0.3, -0.25) is 9.59 Å². The first kappa shape index (κ1) is 17.3. The molecular weight excluding hydrogens is 294 g/mol. The molecule has 0 aromatic heterocycles. The van der Waals surface area contributed by atoms with Crippen molar-refractivity contribution in [2.45, 2.75) is 32.4 Å². The summed E-state index contributed by atoms with van der Waals surface area (Å²) in [6, 6.07) is 6.41. The molecule has 1 aliphatic heterocycles. The van der Waals surface area contributed by atoms with E-state index in [9.17, 15) is 9.59 Å². The van der Waals surface area contributed by atoms with E-state index in [4.69, 9.17) is 4.74 Å². The Labute approximate surface area is 137 Å². The highest BCUT2D eigenvalue weighted by Gasteiger charge is 2.27. The minimum Gasteiger partial charge on any atom is -0.497 e. The first-order chi connectivity index (χ1) is 11.0. The zero-order valence-electron chi connectivity index (χ0n) is 13.9. The summed E-state index contributed by atoms with van der Waals surface area (Å²) in [6.45, 7) is 5.54. The Morgan fingerprint density at radius 3 is 2.48 bits per heavy atom. The number of rotatable bonds is 6. The quantitative estimate of drug-likeness (QED) is 0.729. The standard InChI is InChI=1S/C17H25N3O3/c1-11(2)15(17(22)19-13-8-9-18-10-13)20-16(21)12-4-6-14(23-3)7-5-12/h4-7,11,13,15,18H,8-10H2,1-3H3,(H,19,22)(H,20,21). The molecule has 1 aromatic rings. The van der Waals surface area contributed by atoms with Gasteiger partial charge in [-0.15, -0.1) is 0 Å². The van der Waals surface area contributed by atoms with Gasteiger partial charge in [0.25, 0.3) is 5.91 Å². The van der Waals surface area contributed by atoms with Gasteiger partial charge < -0.3 is 20.7 Å². The minimum absolute atomic E-state index is 0.00607. The van der Waals surface area contributed by atoms with Crippen molar-refractivity contribution in [3.05, 3.63) is 29.8 Å². The molecule has 126 valence electrons. The van der Waals surface area contributed by atoms with Crippen LogP contribution in [0.25, 0.3) is 0 Å². The van der Waals surface area contributed by atoms with Crippen LogP contribution in [-0.2, 0) is 4.79 Å². The summed E-state index contributed by atoms with van der Waals surface area (Å²) >= 11 is 0. The summed E-state index contributed by atoms with van der Waals surface area (Å²) in [4.78, 5) is 24.8. The monoisotopic (exact) mass is 319 g/mol. The molecule has 0 saturated carbocycles. The molecule has 6 nitrogen and oxygen atoms in total. The van der Waals surface area contributed by atoms with Crippen LogP contribution in [0.1, 0.15) is 30.6 Å². The number of benzene rings is 1. The zero-order chi connectivity index (χ0) is 16.8. The third-order valence-corrected chi connectivity index (χ3v) is 3.99. The lowest BCUT2D eigenvalue weighted by Crippen LogP contribution is -2.52. The first-order valence-electron chi connectivity index (χ1n) is 7.97. The normalized spacial score (nSPS) is 18.5. The summed E-state index contributed by atoms with van der Waals surface area (Å²) in [5, 5.41) is 9.04. The highest BCUT2D eigenvalue weighted by atomic mass is 16.5. The molecular formula is C17H25N3O3. The average Bonchev–Trinajstić information content (AvgIpc) is 3.04. The van der Waals surface area contributed by atoms with Crippen LogP contribution in [0, 0.1) is 5.92 Å². The molecule has 2 rings (SSSR count). The topological polar surface area (TPSA) is 79.5 Å². The Morgan fingerprint density at radius 1 is 1.26 bits per heavy atom. The third kappa shape index (κ3) is 4.69. The number of hydrogen-bond acceptors (Lipinski definition) is 4. The second-order valence-electron chi connectivity index (χ2n) is 6.12. The number of methoxy groups -OCH3 is 1. The van der Waals surface area contributed by atoms with Crippen LogP contribution in [0.4, 0.5) is 0 Å². The molecule has 0 aliphatic carbocycles. The van der Waals surface area contributed by atoms with Crippen LogP contribution < -0.4 is 20.7 Å². The minimum atomic E-state index is -0.551. The van der Waals surface area contributed by atoms with Crippen molar-refractivity contribution >= 4 is 11.8 Å². The number of carbonyl (C=O) groups is 2. The lowest BCUT2D eigenvalue weighted by molar-refractivity contribution is -0.124. The van der Waals surface area contributed by atoms with E-state index >= 15 is 0 Å². The predicted octanol–water partition coefficient (Wildman–Crippen LogP) is 0.928. The van der Waals surface area contributed by atoms with Gasteiger partial charge in [0.1, 0.15) is 11.8 Å². The molecule has 0 radical (unpaired) electrons. The van der Waals surface area contributed by atoms with E-state index in [-0.39, 0.29) is 23.8 Å². The number of carbonyl (C=O) groups excluding carboxylic acids is 2. The smallest absolute Gasteiger partial charge is 0.251 e. The molecule has 1 saturated heterocycles. The van der Waals surface area contributed by atoms with Crippen molar-refractivity contribution in [2.24, 2.45) is 5.92 Å². The fourth-order valence-electron chi connectivity index (χ4n) is 2.57. The van der Waals surface area contributed by atoms with Crippen LogP contribution in [0.5, 0.6) is 5.75 Å². The van der Waals surface area contributed by atoms with Crippen molar-refractivity contribution < 1.29 is 14.3 Å². The van der Waals surface area contributed by atoms with Crippen molar-refractivity contribution in [2.75, 3.05) is 20.2 Å². The highest BCUT2D eigenvalue weighted by molar-refractivity contribution is 5.97. The van der Waals surface area contributed by atoms with Gasteiger partial charge >= 0.3 is 0 Å². The molecule has 2 unspecified atom stereocenters. The fourth-order valence-corrected chi connectivity index (χ4v) is 2.57. The Balaban J connectivity index is 1.99. The summed E-state index contributed by atoms with van der Waals surface area (Å²) in [7, 11) is 1.58. The van der Waals surface area contributed by atoms with Gasteiger partial charge in [-0.2, -0.15) is 0 Å². The number of amides is 2. The maximum absolute atomic E-state index is 12.4. The number of nitrogens with one attached hydrogen (secondary N) is 3. The molecule has 0 spiro atoms. The van der Waals surface area contributed by atoms with Gasteiger partial charge in [0.05, 0.1) is 7.11 Å². The first-order valence-corrected chi connectivity index (χ1v) is 7.97. The summed E-state index contributed by atoms with van der Waals surface area (Å²) in [5.41, 5.74) is 0.506. The Hall–Kier alpha value is -2.08. The van der Waals surface area contributed by atoms with Crippen molar-refractivity contribution in [3.63, 3.8) is 0 Å². The molecule has 1 aromatic carbocycles. The third-order valence-electron chi connectivity index (χ3n) is 3.99. The lowest BCUT2D eigenvalue weighted by Gasteiger charge is -2.23. The molecule has 1 fully saturated rings.